The van der Waals surface area contributed by atoms with E-state index in [4.69, 9.17) is 11.6 Å². The summed E-state index contributed by atoms with van der Waals surface area (Å²) in [5.41, 5.74) is -0.110. The van der Waals surface area contributed by atoms with Crippen molar-refractivity contribution in [2.45, 2.75) is 31.6 Å². The Labute approximate surface area is 199 Å². The van der Waals surface area contributed by atoms with Crippen LogP contribution in [0.2, 0.25) is 5.02 Å². The molecule has 176 valence electrons. The second-order valence-electron chi connectivity index (χ2n) is 8.96. The maximum Gasteiger partial charge on any atom is 0.260 e. The van der Waals surface area contributed by atoms with Gasteiger partial charge in [-0.1, -0.05) is 11.6 Å². The fourth-order valence-electron chi connectivity index (χ4n) is 4.63. The molecule has 0 radical (unpaired) electrons. The number of rotatable bonds is 3. The summed E-state index contributed by atoms with van der Waals surface area (Å²) in [6.07, 6.45) is 1.74. The third kappa shape index (κ3) is 3.66. The van der Waals surface area contributed by atoms with Crippen LogP contribution in [0.5, 0.6) is 0 Å². The minimum atomic E-state index is -1.76. The third-order valence-corrected chi connectivity index (χ3v) is 6.88. The Balaban J connectivity index is 1.30. The van der Waals surface area contributed by atoms with Crippen molar-refractivity contribution in [2.75, 3.05) is 36.0 Å². The van der Waals surface area contributed by atoms with Gasteiger partial charge in [0, 0.05) is 37.7 Å². The number of nitrogens with zero attached hydrogens (tertiary/aromatic N) is 7. The van der Waals surface area contributed by atoms with E-state index in [2.05, 4.69) is 25.0 Å². The first-order valence-corrected chi connectivity index (χ1v) is 11.6. The standard InChI is InChI=1S/C23H22ClF2N7O/c24-16-1-3-18-15(11-16)13-32(21(34)23(26)5-6-23)14-20-28-29-22(33(18)20)31-9-7-30(8-10-31)19-4-2-17(25)12-27-19/h1-4,11-12H,5-10,13-14H2. The lowest BCUT2D eigenvalue weighted by atomic mass is 10.1. The van der Waals surface area contributed by atoms with E-state index in [1.807, 2.05) is 16.7 Å². The van der Waals surface area contributed by atoms with Gasteiger partial charge in [-0.15, -0.1) is 10.2 Å². The molecular formula is C23H22ClF2N7O. The largest absolute Gasteiger partial charge is 0.353 e. The maximum absolute atomic E-state index is 14.6. The van der Waals surface area contributed by atoms with Crippen molar-refractivity contribution in [1.29, 1.82) is 0 Å². The highest BCUT2D eigenvalue weighted by Gasteiger charge is 2.53. The van der Waals surface area contributed by atoms with Crippen LogP contribution in [-0.4, -0.2) is 62.4 Å². The van der Waals surface area contributed by atoms with Crippen LogP contribution in [-0.2, 0) is 17.9 Å². The molecule has 3 aromatic rings. The van der Waals surface area contributed by atoms with Crippen molar-refractivity contribution < 1.29 is 13.6 Å². The average molecular weight is 486 g/mol. The molecule has 6 rings (SSSR count). The van der Waals surface area contributed by atoms with Gasteiger partial charge in [-0.2, -0.15) is 0 Å². The second-order valence-corrected chi connectivity index (χ2v) is 9.40. The number of benzene rings is 1. The molecular weight excluding hydrogens is 464 g/mol. The number of halogens is 3. The molecule has 1 amide bonds. The van der Waals surface area contributed by atoms with Crippen LogP contribution in [0, 0.1) is 5.82 Å². The molecule has 3 aliphatic rings. The molecule has 34 heavy (non-hydrogen) atoms. The first kappa shape index (κ1) is 21.3. The summed E-state index contributed by atoms with van der Waals surface area (Å²) >= 11 is 6.27. The number of carbonyl (C=O) groups excluding carboxylic acids is 1. The number of hydrogen-bond donors (Lipinski definition) is 0. The van der Waals surface area contributed by atoms with Crippen LogP contribution >= 0.6 is 11.6 Å². The van der Waals surface area contributed by atoms with Gasteiger partial charge in [0.2, 0.25) is 5.95 Å². The first-order valence-electron chi connectivity index (χ1n) is 11.2. The molecule has 2 fully saturated rings. The maximum atomic E-state index is 14.6. The number of pyridine rings is 1. The number of hydrogen-bond acceptors (Lipinski definition) is 6. The minimum absolute atomic E-state index is 0.170. The molecule has 0 unspecified atom stereocenters. The molecule has 2 aromatic heterocycles. The fourth-order valence-corrected chi connectivity index (χ4v) is 4.83. The van der Waals surface area contributed by atoms with Crippen LogP contribution in [0.15, 0.2) is 36.5 Å². The van der Waals surface area contributed by atoms with E-state index >= 15 is 0 Å². The van der Waals surface area contributed by atoms with Gasteiger partial charge in [0.1, 0.15) is 11.6 Å². The van der Waals surface area contributed by atoms with E-state index in [9.17, 15) is 13.6 Å². The van der Waals surface area contributed by atoms with Gasteiger partial charge in [0.15, 0.2) is 11.5 Å². The van der Waals surface area contributed by atoms with Crippen molar-refractivity contribution in [2.24, 2.45) is 0 Å². The second kappa shape index (κ2) is 7.90. The van der Waals surface area contributed by atoms with Crippen LogP contribution in [0.3, 0.4) is 0 Å². The lowest BCUT2D eigenvalue weighted by molar-refractivity contribution is -0.139. The molecule has 4 heterocycles. The third-order valence-electron chi connectivity index (χ3n) is 6.65. The predicted molar refractivity (Wildman–Crippen MR) is 122 cm³/mol. The number of carbonyl (C=O) groups is 1. The van der Waals surface area contributed by atoms with E-state index in [1.54, 1.807) is 12.1 Å². The predicted octanol–water partition coefficient (Wildman–Crippen LogP) is 3.13. The van der Waals surface area contributed by atoms with Gasteiger partial charge in [-0.3, -0.25) is 9.36 Å². The Morgan fingerprint density at radius 2 is 1.76 bits per heavy atom. The summed E-state index contributed by atoms with van der Waals surface area (Å²) in [5.74, 6) is 1.12. The van der Waals surface area contributed by atoms with Gasteiger partial charge in [0.25, 0.3) is 5.91 Å². The van der Waals surface area contributed by atoms with E-state index in [-0.39, 0.29) is 31.7 Å². The minimum Gasteiger partial charge on any atom is -0.353 e. The Morgan fingerprint density at radius 1 is 1.00 bits per heavy atom. The summed E-state index contributed by atoms with van der Waals surface area (Å²) in [6.45, 7) is 3.12. The zero-order valence-corrected chi connectivity index (χ0v) is 19.0. The van der Waals surface area contributed by atoms with Crippen molar-refractivity contribution in [3.63, 3.8) is 0 Å². The molecule has 1 saturated heterocycles. The van der Waals surface area contributed by atoms with Crippen molar-refractivity contribution in [3.8, 4) is 5.69 Å². The topological polar surface area (TPSA) is 70.4 Å². The van der Waals surface area contributed by atoms with Crippen LogP contribution in [0.25, 0.3) is 5.69 Å². The fraction of sp³-hybridized carbons (Fsp3) is 0.391. The smallest absolute Gasteiger partial charge is 0.260 e. The highest BCUT2D eigenvalue weighted by atomic mass is 35.5. The number of fused-ring (bicyclic) bond motifs is 3. The quantitative estimate of drug-likeness (QED) is 0.567. The van der Waals surface area contributed by atoms with E-state index in [1.165, 1.54) is 17.2 Å². The zero-order valence-electron chi connectivity index (χ0n) is 18.3. The van der Waals surface area contributed by atoms with E-state index in [0.29, 0.717) is 43.0 Å². The number of aromatic nitrogens is 4. The monoisotopic (exact) mass is 485 g/mol. The average Bonchev–Trinajstić information content (AvgIpc) is 3.50. The lowest BCUT2D eigenvalue weighted by Crippen LogP contribution is -2.47. The van der Waals surface area contributed by atoms with Gasteiger partial charge >= 0.3 is 0 Å². The summed E-state index contributed by atoms with van der Waals surface area (Å²) in [7, 11) is 0. The molecule has 0 bridgehead atoms. The Morgan fingerprint density at radius 3 is 2.47 bits per heavy atom. The van der Waals surface area contributed by atoms with Crippen molar-refractivity contribution >= 4 is 29.3 Å². The number of amides is 1. The van der Waals surface area contributed by atoms with E-state index < -0.39 is 11.6 Å². The molecule has 1 aliphatic carbocycles. The summed E-state index contributed by atoms with van der Waals surface area (Å²) < 4.78 is 29.8. The number of anilines is 2. The Bertz CT molecular complexity index is 1250. The van der Waals surface area contributed by atoms with Gasteiger partial charge in [-0.05, 0) is 48.7 Å². The summed E-state index contributed by atoms with van der Waals surface area (Å²) in [5, 5.41) is 9.39. The van der Waals surface area contributed by atoms with Crippen molar-refractivity contribution in [1.82, 2.24) is 24.6 Å². The molecule has 0 N–H and O–H groups in total. The lowest BCUT2D eigenvalue weighted by Gasteiger charge is -2.35. The zero-order chi connectivity index (χ0) is 23.4. The summed E-state index contributed by atoms with van der Waals surface area (Å²) in [4.78, 5) is 22.8. The Kier molecular flexibility index (Phi) is 4.94. The molecule has 2 aliphatic heterocycles. The van der Waals surface area contributed by atoms with Crippen molar-refractivity contribution in [3.05, 3.63) is 58.8 Å². The van der Waals surface area contributed by atoms with Crippen LogP contribution < -0.4 is 9.80 Å². The van der Waals surface area contributed by atoms with Gasteiger partial charge < -0.3 is 14.7 Å². The van der Waals surface area contributed by atoms with E-state index in [0.717, 1.165) is 17.1 Å². The van der Waals surface area contributed by atoms with Gasteiger partial charge in [0.05, 0.1) is 18.4 Å². The molecule has 1 saturated carbocycles. The van der Waals surface area contributed by atoms with Gasteiger partial charge in [-0.25, -0.2) is 13.8 Å². The molecule has 11 heteroatoms. The number of alkyl halides is 1. The molecule has 0 atom stereocenters. The molecule has 0 spiro atoms. The number of piperazine rings is 1. The summed E-state index contributed by atoms with van der Waals surface area (Å²) in [6, 6.07) is 8.58. The van der Waals surface area contributed by atoms with Crippen LogP contribution in [0.1, 0.15) is 24.2 Å². The first-order chi connectivity index (χ1) is 16.4. The molecule has 1 aromatic carbocycles. The molecule has 8 nitrogen and oxygen atoms in total. The SMILES string of the molecule is O=C(N1Cc2cc(Cl)ccc2-n2c(nnc2N2CCN(c3ccc(F)cn3)CC2)C1)C1(F)CC1. The van der Waals surface area contributed by atoms with Crippen LogP contribution in [0.4, 0.5) is 20.5 Å². The highest BCUT2D eigenvalue weighted by molar-refractivity contribution is 6.30. The Hall–Kier alpha value is -3.27. The normalized spacial score (nSPS) is 18.9. The highest BCUT2D eigenvalue weighted by Crippen LogP contribution is 2.43.